The Kier molecular flexibility index (Phi) is 4.24. The standard InChI is InChI=1S/C13H18O/c1-3-4-5-7-11(2)12-8-6-9-13(14)10-12/h4-6,8-11,14H,3,7H2,1-2H3/b5-4-. The molecule has 0 spiro atoms. The van der Waals surface area contributed by atoms with Crippen LogP contribution in [0.2, 0.25) is 0 Å². The van der Waals surface area contributed by atoms with Crippen LogP contribution in [0.3, 0.4) is 0 Å². The maximum atomic E-state index is 9.32. The largest absolute Gasteiger partial charge is 0.508 e. The summed E-state index contributed by atoms with van der Waals surface area (Å²) in [6.45, 7) is 4.31. The summed E-state index contributed by atoms with van der Waals surface area (Å²) in [4.78, 5) is 0. The first-order chi connectivity index (χ1) is 6.74. The van der Waals surface area contributed by atoms with E-state index in [0.29, 0.717) is 11.7 Å². The molecular weight excluding hydrogens is 172 g/mol. The van der Waals surface area contributed by atoms with Crippen LogP contribution in [0.5, 0.6) is 5.75 Å². The molecule has 76 valence electrons. The fourth-order valence-corrected chi connectivity index (χ4v) is 1.43. The zero-order valence-corrected chi connectivity index (χ0v) is 8.90. The van der Waals surface area contributed by atoms with E-state index in [2.05, 4.69) is 32.1 Å². The van der Waals surface area contributed by atoms with Gasteiger partial charge in [0.2, 0.25) is 0 Å². The molecule has 1 atom stereocenters. The molecule has 0 saturated heterocycles. The second kappa shape index (κ2) is 5.48. The van der Waals surface area contributed by atoms with Gasteiger partial charge in [0, 0.05) is 0 Å². The molecule has 0 aromatic heterocycles. The summed E-state index contributed by atoms with van der Waals surface area (Å²) in [5.41, 5.74) is 1.20. The fraction of sp³-hybridized carbons (Fsp3) is 0.385. The number of hydrogen-bond donors (Lipinski definition) is 1. The molecule has 1 aromatic rings. The van der Waals surface area contributed by atoms with Crippen molar-refractivity contribution < 1.29 is 5.11 Å². The normalized spacial score (nSPS) is 13.3. The van der Waals surface area contributed by atoms with Gasteiger partial charge >= 0.3 is 0 Å². The van der Waals surface area contributed by atoms with Crippen molar-refractivity contribution in [1.82, 2.24) is 0 Å². The molecule has 0 aliphatic rings. The van der Waals surface area contributed by atoms with E-state index in [1.165, 1.54) is 5.56 Å². The predicted molar refractivity (Wildman–Crippen MR) is 60.6 cm³/mol. The number of benzene rings is 1. The lowest BCUT2D eigenvalue weighted by atomic mass is 9.97. The lowest BCUT2D eigenvalue weighted by molar-refractivity contribution is 0.474. The van der Waals surface area contributed by atoms with Crippen LogP contribution in [0.25, 0.3) is 0 Å². The maximum Gasteiger partial charge on any atom is 0.115 e. The van der Waals surface area contributed by atoms with Crippen LogP contribution in [-0.4, -0.2) is 5.11 Å². The van der Waals surface area contributed by atoms with Gasteiger partial charge < -0.3 is 5.11 Å². The van der Waals surface area contributed by atoms with E-state index in [0.717, 1.165) is 12.8 Å². The third-order valence-corrected chi connectivity index (χ3v) is 2.33. The van der Waals surface area contributed by atoms with Gasteiger partial charge in [0.15, 0.2) is 0 Å². The third-order valence-electron chi connectivity index (χ3n) is 2.33. The van der Waals surface area contributed by atoms with Crippen LogP contribution in [-0.2, 0) is 0 Å². The first kappa shape index (κ1) is 10.8. The first-order valence-electron chi connectivity index (χ1n) is 5.18. The highest BCUT2D eigenvalue weighted by molar-refractivity contribution is 5.29. The van der Waals surface area contributed by atoms with Crippen molar-refractivity contribution in [2.24, 2.45) is 0 Å². The lowest BCUT2D eigenvalue weighted by Gasteiger charge is -2.09. The van der Waals surface area contributed by atoms with Crippen LogP contribution in [0.4, 0.5) is 0 Å². The minimum absolute atomic E-state index is 0.355. The first-order valence-corrected chi connectivity index (χ1v) is 5.18. The summed E-state index contributed by atoms with van der Waals surface area (Å²) in [6, 6.07) is 7.50. The highest BCUT2D eigenvalue weighted by atomic mass is 16.3. The van der Waals surface area contributed by atoms with Gasteiger partial charge in [-0.1, -0.05) is 38.1 Å². The third kappa shape index (κ3) is 3.25. The van der Waals surface area contributed by atoms with E-state index in [1.807, 2.05) is 12.1 Å². The van der Waals surface area contributed by atoms with Crippen molar-refractivity contribution in [2.45, 2.75) is 32.6 Å². The highest BCUT2D eigenvalue weighted by Gasteiger charge is 2.03. The van der Waals surface area contributed by atoms with Gasteiger partial charge in [-0.2, -0.15) is 0 Å². The Bertz CT molecular complexity index is 302. The number of rotatable bonds is 4. The predicted octanol–water partition coefficient (Wildman–Crippen LogP) is 3.85. The van der Waals surface area contributed by atoms with Gasteiger partial charge in [0.1, 0.15) is 5.75 Å². The summed E-state index contributed by atoms with van der Waals surface area (Å²) in [7, 11) is 0. The highest BCUT2D eigenvalue weighted by Crippen LogP contribution is 2.22. The molecule has 0 bridgehead atoms. The number of phenols is 1. The Balaban J connectivity index is 2.60. The average Bonchev–Trinajstić information content (AvgIpc) is 2.18. The molecule has 1 nitrogen and oxygen atoms in total. The second-order valence-electron chi connectivity index (χ2n) is 3.61. The Morgan fingerprint density at radius 1 is 1.36 bits per heavy atom. The molecule has 0 aliphatic carbocycles. The molecule has 0 saturated carbocycles. The fourth-order valence-electron chi connectivity index (χ4n) is 1.43. The molecule has 0 heterocycles. The molecule has 0 fully saturated rings. The summed E-state index contributed by atoms with van der Waals surface area (Å²) in [5, 5.41) is 9.32. The number of hydrogen-bond acceptors (Lipinski definition) is 1. The topological polar surface area (TPSA) is 20.2 Å². The Morgan fingerprint density at radius 3 is 2.79 bits per heavy atom. The van der Waals surface area contributed by atoms with Crippen molar-refractivity contribution >= 4 is 0 Å². The summed E-state index contributed by atoms with van der Waals surface area (Å²) < 4.78 is 0. The van der Waals surface area contributed by atoms with E-state index in [-0.39, 0.29) is 0 Å². The van der Waals surface area contributed by atoms with Crippen molar-refractivity contribution in [3.8, 4) is 5.75 Å². The van der Waals surface area contributed by atoms with Crippen molar-refractivity contribution in [3.63, 3.8) is 0 Å². The van der Waals surface area contributed by atoms with Crippen LogP contribution in [0, 0.1) is 0 Å². The summed E-state index contributed by atoms with van der Waals surface area (Å²) >= 11 is 0. The van der Waals surface area contributed by atoms with Crippen molar-refractivity contribution in [3.05, 3.63) is 42.0 Å². The van der Waals surface area contributed by atoms with Gasteiger partial charge in [-0.25, -0.2) is 0 Å². The quantitative estimate of drug-likeness (QED) is 0.715. The molecule has 0 amide bonds. The molecule has 1 rings (SSSR count). The molecular formula is C13H18O. The zero-order valence-electron chi connectivity index (χ0n) is 8.90. The zero-order chi connectivity index (χ0) is 10.4. The average molecular weight is 190 g/mol. The van der Waals surface area contributed by atoms with Crippen LogP contribution in [0.1, 0.15) is 38.2 Å². The molecule has 0 aliphatic heterocycles. The van der Waals surface area contributed by atoms with Crippen LogP contribution < -0.4 is 0 Å². The maximum absolute atomic E-state index is 9.32. The summed E-state index contributed by atoms with van der Waals surface area (Å²) in [5.74, 6) is 0.832. The second-order valence-corrected chi connectivity index (χ2v) is 3.61. The monoisotopic (exact) mass is 190 g/mol. The smallest absolute Gasteiger partial charge is 0.115 e. The Labute approximate surface area is 86.1 Å². The molecule has 1 N–H and O–H groups in total. The van der Waals surface area contributed by atoms with Gasteiger partial charge in [-0.3, -0.25) is 0 Å². The molecule has 1 unspecified atom stereocenters. The number of allylic oxidation sites excluding steroid dienone is 2. The molecule has 1 heteroatoms. The van der Waals surface area contributed by atoms with E-state index in [9.17, 15) is 5.11 Å². The molecule has 14 heavy (non-hydrogen) atoms. The minimum Gasteiger partial charge on any atom is -0.508 e. The van der Waals surface area contributed by atoms with Crippen LogP contribution >= 0.6 is 0 Å². The Hall–Kier alpha value is -1.24. The van der Waals surface area contributed by atoms with E-state index in [1.54, 1.807) is 6.07 Å². The van der Waals surface area contributed by atoms with Gasteiger partial charge in [-0.05, 0) is 36.5 Å². The molecule has 1 aromatic carbocycles. The minimum atomic E-state index is 0.355. The van der Waals surface area contributed by atoms with E-state index >= 15 is 0 Å². The SMILES string of the molecule is CC/C=C\CC(C)c1cccc(O)c1. The van der Waals surface area contributed by atoms with Gasteiger partial charge in [0.05, 0.1) is 0 Å². The van der Waals surface area contributed by atoms with Crippen molar-refractivity contribution in [2.75, 3.05) is 0 Å². The van der Waals surface area contributed by atoms with E-state index < -0.39 is 0 Å². The van der Waals surface area contributed by atoms with Gasteiger partial charge in [0.25, 0.3) is 0 Å². The van der Waals surface area contributed by atoms with Crippen molar-refractivity contribution in [1.29, 1.82) is 0 Å². The number of phenolic OH excluding ortho intramolecular Hbond substituents is 1. The van der Waals surface area contributed by atoms with E-state index in [4.69, 9.17) is 0 Å². The summed E-state index contributed by atoms with van der Waals surface area (Å²) in [6.07, 6.45) is 6.51. The Morgan fingerprint density at radius 2 is 2.14 bits per heavy atom. The molecule has 0 radical (unpaired) electrons. The van der Waals surface area contributed by atoms with Gasteiger partial charge in [-0.15, -0.1) is 0 Å². The number of aromatic hydroxyl groups is 1. The lowest BCUT2D eigenvalue weighted by Crippen LogP contribution is -1.90. The van der Waals surface area contributed by atoms with Crippen LogP contribution in [0.15, 0.2) is 36.4 Å².